The summed E-state index contributed by atoms with van der Waals surface area (Å²) < 4.78 is 0. The molecule has 0 aliphatic carbocycles. The Hall–Kier alpha value is -1.88. The van der Waals surface area contributed by atoms with Crippen LogP contribution in [0.1, 0.15) is 34.1 Å². The SMILES string of the molecule is CCCONC(=O)c1ccccc1C(=O)O. The fourth-order valence-corrected chi connectivity index (χ4v) is 1.14. The van der Waals surface area contributed by atoms with Crippen LogP contribution in [-0.4, -0.2) is 23.6 Å². The lowest BCUT2D eigenvalue weighted by Gasteiger charge is -2.06. The lowest BCUT2D eigenvalue weighted by Crippen LogP contribution is -2.25. The fourth-order valence-electron chi connectivity index (χ4n) is 1.14. The molecule has 0 radical (unpaired) electrons. The molecule has 2 N–H and O–H groups in total. The van der Waals surface area contributed by atoms with Crippen LogP contribution in [0.15, 0.2) is 24.3 Å². The average molecular weight is 223 g/mol. The highest BCUT2D eigenvalue weighted by molar-refractivity contribution is 6.04. The molecule has 0 saturated carbocycles. The van der Waals surface area contributed by atoms with Crippen LogP contribution < -0.4 is 5.48 Å². The lowest BCUT2D eigenvalue weighted by molar-refractivity contribution is 0.0312. The molecule has 1 amide bonds. The van der Waals surface area contributed by atoms with Gasteiger partial charge in [0.05, 0.1) is 17.7 Å². The zero-order valence-electron chi connectivity index (χ0n) is 8.90. The number of amides is 1. The number of benzene rings is 1. The summed E-state index contributed by atoms with van der Waals surface area (Å²) in [5, 5.41) is 8.87. The lowest BCUT2D eigenvalue weighted by atomic mass is 10.1. The number of carbonyl (C=O) groups excluding carboxylic acids is 1. The van der Waals surface area contributed by atoms with E-state index < -0.39 is 11.9 Å². The number of hydroxylamine groups is 1. The third kappa shape index (κ3) is 3.06. The zero-order valence-corrected chi connectivity index (χ0v) is 8.90. The Bertz CT molecular complexity index is 389. The second-order valence-corrected chi connectivity index (χ2v) is 3.13. The Morgan fingerprint density at radius 1 is 1.31 bits per heavy atom. The van der Waals surface area contributed by atoms with E-state index in [9.17, 15) is 9.59 Å². The first-order valence-electron chi connectivity index (χ1n) is 4.91. The van der Waals surface area contributed by atoms with Crippen LogP contribution in [0.4, 0.5) is 0 Å². The Labute approximate surface area is 93.0 Å². The van der Waals surface area contributed by atoms with Crippen molar-refractivity contribution >= 4 is 11.9 Å². The summed E-state index contributed by atoms with van der Waals surface area (Å²) in [4.78, 5) is 27.2. The van der Waals surface area contributed by atoms with Crippen molar-refractivity contribution < 1.29 is 19.5 Å². The maximum Gasteiger partial charge on any atom is 0.336 e. The molecule has 5 heteroatoms. The molecule has 16 heavy (non-hydrogen) atoms. The van der Waals surface area contributed by atoms with Gasteiger partial charge in [-0.05, 0) is 18.6 Å². The van der Waals surface area contributed by atoms with Gasteiger partial charge < -0.3 is 5.11 Å². The molecular formula is C11H13NO4. The van der Waals surface area contributed by atoms with Crippen LogP contribution in [0.5, 0.6) is 0 Å². The fraction of sp³-hybridized carbons (Fsp3) is 0.273. The van der Waals surface area contributed by atoms with Gasteiger partial charge in [-0.15, -0.1) is 0 Å². The van der Waals surface area contributed by atoms with Crippen LogP contribution in [0.3, 0.4) is 0 Å². The first kappa shape index (κ1) is 12.2. The predicted octanol–water partition coefficient (Wildman–Crippen LogP) is 1.46. The van der Waals surface area contributed by atoms with Crippen molar-refractivity contribution in [2.75, 3.05) is 6.61 Å². The summed E-state index contributed by atoms with van der Waals surface area (Å²) in [6.07, 6.45) is 0.765. The average Bonchev–Trinajstić information content (AvgIpc) is 2.29. The summed E-state index contributed by atoms with van der Waals surface area (Å²) in [6, 6.07) is 5.97. The standard InChI is InChI=1S/C11H13NO4/c1-2-7-16-12-10(13)8-5-3-4-6-9(8)11(14)15/h3-6H,2,7H2,1H3,(H,12,13)(H,14,15). The molecule has 1 aromatic carbocycles. The van der Waals surface area contributed by atoms with E-state index in [-0.39, 0.29) is 11.1 Å². The van der Waals surface area contributed by atoms with Gasteiger partial charge in [-0.2, -0.15) is 0 Å². The highest BCUT2D eigenvalue weighted by atomic mass is 16.6. The van der Waals surface area contributed by atoms with E-state index in [4.69, 9.17) is 9.94 Å². The van der Waals surface area contributed by atoms with Crippen molar-refractivity contribution in [2.24, 2.45) is 0 Å². The number of carboxylic acids is 1. The quantitative estimate of drug-likeness (QED) is 0.585. The number of hydrogen-bond acceptors (Lipinski definition) is 3. The third-order valence-electron chi connectivity index (χ3n) is 1.87. The summed E-state index contributed by atoms with van der Waals surface area (Å²) in [5.41, 5.74) is 2.24. The van der Waals surface area contributed by atoms with Crippen molar-refractivity contribution in [2.45, 2.75) is 13.3 Å². The minimum absolute atomic E-state index is 0.0416. The normalized spacial score (nSPS) is 9.81. The molecule has 1 rings (SSSR count). The van der Waals surface area contributed by atoms with Gasteiger partial charge in [0.2, 0.25) is 0 Å². The van der Waals surface area contributed by atoms with Gasteiger partial charge in [-0.3, -0.25) is 9.63 Å². The summed E-state index contributed by atoms with van der Waals surface area (Å²) in [7, 11) is 0. The summed E-state index contributed by atoms with van der Waals surface area (Å²) in [5.74, 6) is -1.69. The van der Waals surface area contributed by atoms with Crippen LogP contribution in [-0.2, 0) is 4.84 Å². The molecule has 0 unspecified atom stereocenters. The first-order valence-corrected chi connectivity index (χ1v) is 4.91. The topological polar surface area (TPSA) is 75.6 Å². The second kappa shape index (κ2) is 5.87. The number of carbonyl (C=O) groups is 2. The Kier molecular flexibility index (Phi) is 4.47. The van der Waals surface area contributed by atoms with Gasteiger partial charge in [0.15, 0.2) is 0 Å². The predicted molar refractivity (Wildman–Crippen MR) is 57.1 cm³/mol. The highest BCUT2D eigenvalue weighted by Gasteiger charge is 2.15. The minimum atomic E-state index is -1.14. The summed E-state index contributed by atoms with van der Waals surface area (Å²) >= 11 is 0. The molecule has 0 saturated heterocycles. The Balaban J connectivity index is 2.78. The number of rotatable bonds is 5. The molecule has 0 bridgehead atoms. The van der Waals surface area contributed by atoms with Crippen LogP contribution in [0.2, 0.25) is 0 Å². The van der Waals surface area contributed by atoms with Crippen molar-refractivity contribution in [3.8, 4) is 0 Å². The van der Waals surface area contributed by atoms with E-state index >= 15 is 0 Å². The highest BCUT2D eigenvalue weighted by Crippen LogP contribution is 2.08. The molecule has 86 valence electrons. The molecule has 0 spiro atoms. The number of nitrogens with one attached hydrogen (secondary N) is 1. The maximum atomic E-state index is 11.5. The van der Waals surface area contributed by atoms with Gasteiger partial charge >= 0.3 is 5.97 Å². The first-order chi connectivity index (χ1) is 7.66. The molecule has 0 heterocycles. The van der Waals surface area contributed by atoms with Gasteiger partial charge in [-0.1, -0.05) is 19.1 Å². The maximum absolute atomic E-state index is 11.5. The van der Waals surface area contributed by atoms with Crippen LogP contribution in [0, 0.1) is 0 Å². The van der Waals surface area contributed by atoms with E-state index in [0.29, 0.717) is 6.61 Å². The number of hydrogen-bond donors (Lipinski definition) is 2. The summed E-state index contributed by atoms with van der Waals surface area (Å²) in [6.45, 7) is 2.29. The van der Waals surface area contributed by atoms with E-state index in [2.05, 4.69) is 5.48 Å². The Morgan fingerprint density at radius 2 is 1.94 bits per heavy atom. The van der Waals surface area contributed by atoms with Gasteiger partial charge in [0, 0.05) is 0 Å². The Morgan fingerprint density at radius 3 is 2.50 bits per heavy atom. The number of aromatic carboxylic acids is 1. The van der Waals surface area contributed by atoms with Crippen molar-refractivity contribution in [3.63, 3.8) is 0 Å². The molecule has 5 nitrogen and oxygen atoms in total. The molecule has 0 aliphatic rings. The van der Waals surface area contributed by atoms with E-state index in [1.165, 1.54) is 12.1 Å². The minimum Gasteiger partial charge on any atom is -0.478 e. The van der Waals surface area contributed by atoms with Crippen molar-refractivity contribution in [1.82, 2.24) is 5.48 Å². The molecular weight excluding hydrogens is 210 g/mol. The molecule has 0 fully saturated rings. The second-order valence-electron chi connectivity index (χ2n) is 3.13. The van der Waals surface area contributed by atoms with Crippen molar-refractivity contribution in [3.05, 3.63) is 35.4 Å². The van der Waals surface area contributed by atoms with E-state index in [1.807, 2.05) is 6.92 Å². The van der Waals surface area contributed by atoms with E-state index in [1.54, 1.807) is 12.1 Å². The zero-order chi connectivity index (χ0) is 12.0. The van der Waals surface area contributed by atoms with Gasteiger partial charge in [0.25, 0.3) is 5.91 Å². The molecule has 0 aliphatic heterocycles. The smallest absolute Gasteiger partial charge is 0.336 e. The third-order valence-corrected chi connectivity index (χ3v) is 1.87. The van der Waals surface area contributed by atoms with Crippen molar-refractivity contribution in [1.29, 1.82) is 0 Å². The number of carboxylic acid groups (broad SMARTS) is 1. The monoisotopic (exact) mass is 223 g/mol. The van der Waals surface area contributed by atoms with E-state index in [0.717, 1.165) is 6.42 Å². The van der Waals surface area contributed by atoms with Crippen LogP contribution in [0.25, 0.3) is 0 Å². The van der Waals surface area contributed by atoms with Gasteiger partial charge in [0.1, 0.15) is 0 Å². The largest absolute Gasteiger partial charge is 0.478 e. The van der Waals surface area contributed by atoms with Gasteiger partial charge in [-0.25, -0.2) is 10.3 Å². The molecule has 1 aromatic rings. The molecule has 0 atom stereocenters. The van der Waals surface area contributed by atoms with Crippen LogP contribution >= 0.6 is 0 Å². The molecule has 0 aromatic heterocycles.